The van der Waals surface area contributed by atoms with Crippen molar-refractivity contribution >= 4 is 40.8 Å². The number of carboxylic acids is 1. The van der Waals surface area contributed by atoms with Crippen LogP contribution in [0.15, 0.2) is 48.8 Å². The Morgan fingerprint density at radius 3 is 2.64 bits per heavy atom. The van der Waals surface area contributed by atoms with Crippen molar-refractivity contribution in [2.75, 3.05) is 11.9 Å². The van der Waals surface area contributed by atoms with Gasteiger partial charge in [0.2, 0.25) is 5.91 Å². The maximum Gasteiger partial charge on any atom is 0.305 e. The summed E-state index contributed by atoms with van der Waals surface area (Å²) in [6, 6.07) is 8.99. The van der Waals surface area contributed by atoms with Crippen LogP contribution < -0.4 is 21.7 Å². The van der Waals surface area contributed by atoms with Gasteiger partial charge in [-0.1, -0.05) is 12.1 Å². The maximum atomic E-state index is 12.2. The Morgan fingerprint density at radius 2 is 2.00 bits per heavy atom. The normalized spacial score (nSPS) is 11.1. The quantitative estimate of drug-likeness (QED) is 0.408. The minimum absolute atomic E-state index is 0.0665. The summed E-state index contributed by atoms with van der Waals surface area (Å²) in [7, 11) is 0. The van der Waals surface area contributed by atoms with Crippen LogP contribution >= 0.6 is 12.2 Å². The Morgan fingerprint density at radius 1 is 1.21 bits per heavy atom. The number of nitrogens with two attached hydrogens (primary N) is 1. The second kappa shape index (κ2) is 9.97. The summed E-state index contributed by atoms with van der Waals surface area (Å²) >= 11 is 4.75. The highest BCUT2D eigenvalue weighted by atomic mass is 32.1. The van der Waals surface area contributed by atoms with Crippen molar-refractivity contribution < 1.29 is 19.5 Å². The summed E-state index contributed by atoms with van der Waals surface area (Å²) < 4.78 is 0. The minimum Gasteiger partial charge on any atom is -0.481 e. The molecule has 28 heavy (non-hydrogen) atoms. The smallest absolute Gasteiger partial charge is 0.305 e. The van der Waals surface area contributed by atoms with E-state index < -0.39 is 23.8 Å². The number of rotatable bonds is 8. The van der Waals surface area contributed by atoms with Crippen LogP contribution in [0.5, 0.6) is 0 Å². The molecule has 1 aromatic carbocycles. The van der Waals surface area contributed by atoms with E-state index in [9.17, 15) is 14.4 Å². The van der Waals surface area contributed by atoms with E-state index in [1.54, 1.807) is 36.5 Å². The third-order valence-electron chi connectivity index (χ3n) is 3.60. The van der Waals surface area contributed by atoms with E-state index in [-0.39, 0.29) is 18.1 Å². The summed E-state index contributed by atoms with van der Waals surface area (Å²) in [4.78, 5) is 39.4. The Balaban J connectivity index is 1.95. The predicted octanol–water partition coefficient (Wildman–Crippen LogP) is 0.799. The van der Waals surface area contributed by atoms with E-state index in [1.807, 2.05) is 0 Å². The Kier molecular flexibility index (Phi) is 7.40. The van der Waals surface area contributed by atoms with Crippen molar-refractivity contribution in [1.29, 1.82) is 0 Å². The van der Waals surface area contributed by atoms with Crippen molar-refractivity contribution in [2.24, 2.45) is 5.73 Å². The van der Waals surface area contributed by atoms with Crippen molar-refractivity contribution in [1.82, 2.24) is 15.6 Å². The first-order chi connectivity index (χ1) is 13.3. The molecule has 9 nitrogen and oxygen atoms in total. The third-order valence-corrected chi connectivity index (χ3v) is 3.70. The lowest BCUT2D eigenvalue weighted by molar-refractivity contribution is -0.137. The molecule has 6 N–H and O–H groups in total. The van der Waals surface area contributed by atoms with E-state index in [2.05, 4.69) is 20.9 Å². The molecule has 0 bridgehead atoms. The van der Waals surface area contributed by atoms with Gasteiger partial charge in [0, 0.05) is 23.6 Å². The van der Waals surface area contributed by atoms with Crippen molar-refractivity contribution in [3.05, 3.63) is 59.9 Å². The highest BCUT2D eigenvalue weighted by Crippen LogP contribution is 2.15. The zero-order chi connectivity index (χ0) is 20.5. The molecule has 0 saturated heterocycles. The van der Waals surface area contributed by atoms with E-state index in [1.165, 1.54) is 12.3 Å². The van der Waals surface area contributed by atoms with Gasteiger partial charge in [0.25, 0.3) is 5.91 Å². The van der Waals surface area contributed by atoms with Gasteiger partial charge in [0.05, 0.1) is 19.0 Å². The number of nitrogens with zero attached hydrogens (tertiary/aromatic N) is 1. The molecule has 146 valence electrons. The molecule has 1 unspecified atom stereocenters. The molecule has 10 heteroatoms. The molecule has 2 aromatic rings. The summed E-state index contributed by atoms with van der Waals surface area (Å²) in [5, 5.41) is 16.9. The van der Waals surface area contributed by atoms with Gasteiger partial charge in [-0.15, -0.1) is 0 Å². The Hall–Kier alpha value is -3.53. The van der Waals surface area contributed by atoms with E-state index >= 15 is 0 Å². The zero-order valence-corrected chi connectivity index (χ0v) is 15.5. The molecule has 1 aromatic heterocycles. The fourth-order valence-electron chi connectivity index (χ4n) is 2.40. The second-order valence-corrected chi connectivity index (χ2v) is 6.20. The van der Waals surface area contributed by atoms with Crippen LogP contribution in [0.3, 0.4) is 0 Å². The first-order valence-electron chi connectivity index (χ1n) is 8.21. The van der Waals surface area contributed by atoms with Crippen LogP contribution in [0.1, 0.15) is 28.4 Å². The first kappa shape index (κ1) is 20.8. The number of pyridine rings is 1. The third kappa shape index (κ3) is 6.65. The summed E-state index contributed by atoms with van der Waals surface area (Å²) in [5.41, 5.74) is 6.81. The number of carboxylic acid groups (broad SMARTS) is 1. The fourth-order valence-corrected chi connectivity index (χ4v) is 2.52. The molecule has 0 aliphatic carbocycles. The van der Waals surface area contributed by atoms with Crippen LogP contribution in [-0.2, 0) is 9.59 Å². The zero-order valence-electron chi connectivity index (χ0n) is 14.7. The molecule has 0 aliphatic rings. The average Bonchev–Trinajstić information content (AvgIpc) is 2.65. The predicted molar refractivity (Wildman–Crippen MR) is 107 cm³/mol. The number of aromatic nitrogens is 1. The molecular weight excluding hydrogens is 382 g/mol. The molecule has 2 rings (SSSR count). The van der Waals surface area contributed by atoms with E-state index in [4.69, 9.17) is 23.1 Å². The lowest BCUT2D eigenvalue weighted by atomic mass is 10.1. The Labute approximate surface area is 166 Å². The molecule has 0 spiro atoms. The SMILES string of the molecule is NC(=S)Nc1cccc(C(=O)NCC(=O)NC(CC(=O)O)c2cccnc2)c1. The number of hydrogen-bond acceptors (Lipinski definition) is 5. The first-order valence-corrected chi connectivity index (χ1v) is 8.62. The molecule has 1 atom stereocenters. The fraction of sp³-hybridized carbons (Fsp3) is 0.167. The summed E-state index contributed by atoms with van der Waals surface area (Å²) in [6.07, 6.45) is 2.72. The number of thiocarbonyl (C=S) groups is 1. The van der Waals surface area contributed by atoms with Crippen LogP contribution in [0.25, 0.3) is 0 Å². The minimum atomic E-state index is -1.07. The number of anilines is 1. The number of carbonyl (C=O) groups excluding carboxylic acids is 2. The summed E-state index contributed by atoms with van der Waals surface area (Å²) in [5.74, 6) is -2.07. The van der Waals surface area contributed by atoms with E-state index in [0.29, 0.717) is 16.8 Å². The Bertz CT molecular complexity index is 875. The number of nitrogens with one attached hydrogen (secondary N) is 3. The number of carbonyl (C=O) groups is 3. The van der Waals surface area contributed by atoms with Gasteiger partial charge in [-0.05, 0) is 42.0 Å². The molecule has 0 radical (unpaired) electrons. The van der Waals surface area contributed by atoms with Crippen LogP contribution in [0.2, 0.25) is 0 Å². The summed E-state index contributed by atoms with van der Waals surface area (Å²) in [6.45, 7) is -0.317. The van der Waals surface area contributed by atoms with Gasteiger partial charge in [-0.2, -0.15) is 0 Å². The second-order valence-electron chi connectivity index (χ2n) is 5.76. The standard InChI is InChI=1S/C18H19N5O4S/c19-18(28)22-13-5-1-3-11(7-13)17(27)21-10-15(24)23-14(8-16(25)26)12-4-2-6-20-9-12/h1-7,9,14H,8,10H2,(H,21,27)(H,23,24)(H,25,26)(H3,19,22,28). The topological polar surface area (TPSA) is 146 Å². The largest absolute Gasteiger partial charge is 0.481 e. The highest BCUT2D eigenvalue weighted by Gasteiger charge is 2.18. The monoisotopic (exact) mass is 401 g/mol. The van der Waals surface area contributed by atoms with Crippen LogP contribution in [-0.4, -0.2) is 39.5 Å². The van der Waals surface area contributed by atoms with Gasteiger partial charge >= 0.3 is 5.97 Å². The van der Waals surface area contributed by atoms with Gasteiger partial charge in [0.1, 0.15) is 0 Å². The van der Waals surface area contributed by atoms with Gasteiger partial charge in [0.15, 0.2) is 5.11 Å². The van der Waals surface area contributed by atoms with Gasteiger partial charge in [-0.3, -0.25) is 19.4 Å². The average molecular weight is 401 g/mol. The molecule has 2 amide bonds. The van der Waals surface area contributed by atoms with Crippen LogP contribution in [0.4, 0.5) is 5.69 Å². The molecule has 0 saturated carbocycles. The molecule has 0 aliphatic heterocycles. The molecule has 0 fully saturated rings. The van der Waals surface area contributed by atoms with Gasteiger partial charge in [-0.25, -0.2) is 0 Å². The van der Waals surface area contributed by atoms with Crippen molar-refractivity contribution in [2.45, 2.75) is 12.5 Å². The van der Waals surface area contributed by atoms with Gasteiger partial charge < -0.3 is 26.8 Å². The lowest BCUT2D eigenvalue weighted by Gasteiger charge is -2.17. The number of benzene rings is 1. The molecule has 1 heterocycles. The van der Waals surface area contributed by atoms with Crippen LogP contribution in [0, 0.1) is 0 Å². The molecular formula is C18H19N5O4S. The lowest BCUT2D eigenvalue weighted by Crippen LogP contribution is -2.39. The van der Waals surface area contributed by atoms with Crippen molar-refractivity contribution in [3.63, 3.8) is 0 Å². The number of hydrogen-bond donors (Lipinski definition) is 5. The van der Waals surface area contributed by atoms with Crippen molar-refractivity contribution in [3.8, 4) is 0 Å². The number of aliphatic carboxylic acids is 1. The maximum absolute atomic E-state index is 12.2. The van der Waals surface area contributed by atoms with E-state index in [0.717, 1.165) is 0 Å². The highest BCUT2D eigenvalue weighted by molar-refractivity contribution is 7.80. The number of amides is 2.